The van der Waals surface area contributed by atoms with Gasteiger partial charge in [0.15, 0.2) is 0 Å². The summed E-state index contributed by atoms with van der Waals surface area (Å²) in [5, 5.41) is 10.7. The van der Waals surface area contributed by atoms with Gasteiger partial charge in [0.25, 0.3) is 5.91 Å². The van der Waals surface area contributed by atoms with Crippen LogP contribution in [0.3, 0.4) is 0 Å². The standard InChI is InChI=1S/C23H21FN4O3S/c1-3-31-18-10-6-16(7-11-18)26-21(29)13-25-22(30)20-12-19-14(2)27-28(23(19)32-20)17-8-4-15(24)5-9-17/h4-12H,3,13H2,1-2H3,(H,25,30)(H,26,29). The minimum atomic E-state index is -0.349. The molecule has 2 heterocycles. The van der Waals surface area contributed by atoms with E-state index in [1.165, 1.54) is 23.5 Å². The number of ether oxygens (including phenoxy) is 1. The van der Waals surface area contributed by atoms with Crippen LogP contribution in [-0.2, 0) is 4.79 Å². The van der Waals surface area contributed by atoms with E-state index in [0.717, 1.165) is 21.7 Å². The number of nitrogens with one attached hydrogen (secondary N) is 2. The number of nitrogens with zero attached hydrogens (tertiary/aromatic N) is 2. The second kappa shape index (κ2) is 9.19. The molecule has 0 saturated carbocycles. The predicted molar refractivity (Wildman–Crippen MR) is 122 cm³/mol. The summed E-state index contributed by atoms with van der Waals surface area (Å²) in [5.41, 5.74) is 2.07. The Morgan fingerprint density at radius 2 is 1.84 bits per heavy atom. The van der Waals surface area contributed by atoms with E-state index in [1.807, 2.05) is 13.8 Å². The van der Waals surface area contributed by atoms with Gasteiger partial charge in [-0.2, -0.15) is 5.10 Å². The van der Waals surface area contributed by atoms with Crippen LogP contribution in [0.4, 0.5) is 10.1 Å². The molecule has 0 aliphatic rings. The molecule has 7 nitrogen and oxygen atoms in total. The van der Waals surface area contributed by atoms with Crippen molar-refractivity contribution in [2.45, 2.75) is 13.8 Å². The maximum Gasteiger partial charge on any atom is 0.261 e. The number of rotatable bonds is 7. The second-order valence-electron chi connectivity index (χ2n) is 6.99. The highest BCUT2D eigenvalue weighted by Gasteiger charge is 2.18. The molecule has 0 unspecified atom stereocenters. The molecule has 9 heteroatoms. The minimum Gasteiger partial charge on any atom is -0.494 e. The Morgan fingerprint density at radius 3 is 2.53 bits per heavy atom. The normalized spacial score (nSPS) is 10.8. The number of benzene rings is 2. The van der Waals surface area contributed by atoms with Crippen LogP contribution in [0.2, 0.25) is 0 Å². The Morgan fingerprint density at radius 1 is 1.12 bits per heavy atom. The molecular weight excluding hydrogens is 431 g/mol. The lowest BCUT2D eigenvalue weighted by atomic mass is 10.3. The van der Waals surface area contributed by atoms with Crippen molar-refractivity contribution in [1.29, 1.82) is 0 Å². The lowest BCUT2D eigenvalue weighted by molar-refractivity contribution is -0.115. The zero-order valence-corrected chi connectivity index (χ0v) is 18.3. The van der Waals surface area contributed by atoms with E-state index in [9.17, 15) is 14.0 Å². The summed E-state index contributed by atoms with van der Waals surface area (Å²) in [7, 11) is 0. The molecule has 0 radical (unpaired) electrons. The van der Waals surface area contributed by atoms with Gasteiger partial charge in [-0.1, -0.05) is 0 Å². The average Bonchev–Trinajstić information content (AvgIpc) is 3.35. The molecule has 2 amide bonds. The SMILES string of the molecule is CCOc1ccc(NC(=O)CNC(=O)c2cc3c(C)nn(-c4ccc(F)cc4)c3s2)cc1. The first-order valence-electron chi connectivity index (χ1n) is 10.0. The molecule has 0 aliphatic heterocycles. The molecule has 0 bridgehead atoms. The first-order chi connectivity index (χ1) is 15.4. The van der Waals surface area contributed by atoms with Crippen LogP contribution in [0.5, 0.6) is 5.75 Å². The van der Waals surface area contributed by atoms with Crippen molar-refractivity contribution >= 4 is 39.1 Å². The number of fused-ring (bicyclic) bond motifs is 1. The monoisotopic (exact) mass is 452 g/mol. The molecule has 4 rings (SSSR count). The van der Waals surface area contributed by atoms with Crippen LogP contribution in [0.15, 0.2) is 54.6 Å². The number of anilines is 1. The summed E-state index contributed by atoms with van der Waals surface area (Å²) in [6.45, 7) is 4.15. The van der Waals surface area contributed by atoms with Gasteiger partial charge in [-0.3, -0.25) is 9.59 Å². The van der Waals surface area contributed by atoms with Gasteiger partial charge >= 0.3 is 0 Å². The van der Waals surface area contributed by atoms with Gasteiger partial charge in [-0.15, -0.1) is 11.3 Å². The quantitative estimate of drug-likeness (QED) is 0.438. The average molecular weight is 453 g/mol. The fourth-order valence-electron chi connectivity index (χ4n) is 3.17. The highest BCUT2D eigenvalue weighted by Crippen LogP contribution is 2.30. The Balaban J connectivity index is 1.42. The molecule has 0 spiro atoms. The van der Waals surface area contributed by atoms with Gasteiger partial charge in [0.05, 0.1) is 29.4 Å². The topological polar surface area (TPSA) is 85.2 Å². The zero-order valence-electron chi connectivity index (χ0n) is 17.5. The van der Waals surface area contributed by atoms with Crippen molar-refractivity contribution in [1.82, 2.24) is 15.1 Å². The fourth-order valence-corrected chi connectivity index (χ4v) is 4.27. The Labute approximate surface area is 187 Å². The van der Waals surface area contributed by atoms with Gasteiger partial charge < -0.3 is 15.4 Å². The number of carbonyl (C=O) groups excluding carboxylic acids is 2. The number of aryl methyl sites for hydroxylation is 1. The van der Waals surface area contributed by atoms with Crippen molar-refractivity contribution < 1.29 is 18.7 Å². The van der Waals surface area contributed by atoms with Crippen LogP contribution >= 0.6 is 11.3 Å². The van der Waals surface area contributed by atoms with E-state index in [4.69, 9.17) is 4.74 Å². The van der Waals surface area contributed by atoms with E-state index in [0.29, 0.717) is 22.9 Å². The number of carbonyl (C=O) groups is 2. The number of thiophene rings is 1. The Hall–Kier alpha value is -3.72. The van der Waals surface area contributed by atoms with Gasteiger partial charge in [0.1, 0.15) is 16.4 Å². The first kappa shape index (κ1) is 21.5. The van der Waals surface area contributed by atoms with Gasteiger partial charge in [-0.25, -0.2) is 9.07 Å². The van der Waals surface area contributed by atoms with Crippen LogP contribution < -0.4 is 15.4 Å². The smallest absolute Gasteiger partial charge is 0.261 e. The second-order valence-corrected chi connectivity index (χ2v) is 8.02. The molecule has 0 aliphatic carbocycles. The van der Waals surface area contributed by atoms with Crippen molar-refractivity contribution in [2.24, 2.45) is 0 Å². The summed E-state index contributed by atoms with van der Waals surface area (Å²) in [6, 6.07) is 14.7. The Kier molecular flexibility index (Phi) is 6.18. The fraction of sp³-hybridized carbons (Fsp3) is 0.174. The van der Waals surface area contributed by atoms with E-state index >= 15 is 0 Å². The highest BCUT2D eigenvalue weighted by atomic mass is 32.1. The molecular formula is C23H21FN4O3S. The van der Waals surface area contributed by atoms with Crippen molar-refractivity contribution in [3.63, 3.8) is 0 Å². The molecule has 2 aromatic heterocycles. The van der Waals surface area contributed by atoms with Crippen LogP contribution in [0, 0.1) is 12.7 Å². The van der Waals surface area contributed by atoms with Crippen molar-refractivity contribution in [3.05, 3.63) is 71.0 Å². The van der Waals surface area contributed by atoms with E-state index in [2.05, 4.69) is 15.7 Å². The van der Waals surface area contributed by atoms with Crippen molar-refractivity contribution in [2.75, 3.05) is 18.5 Å². The lowest BCUT2D eigenvalue weighted by Gasteiger charge is -2.08. The number of hydrogen-bond donors (Lipinski definition) is 2. The molecule has 32 heavy (non-hydrogen) atoms. The van der Waals surface area contributed by atoms with E-state index in [1.54, 1.807) is 47.1 Å². The molecule has 2 N–H and O–H groups in total. The number of hydrogen-bond acceptors (Lipinski definition) is 5. The summed E-state index contributed by atoms with van der Waals surface area (Å²) < 4.78 is 20.3. The number of amides is 2. The van der Waals surface area contributed by atoms with Gasteiger partial charge in [0, 0.05) is 11.1 Å². The third-order valence-electron chi connectivity index (χ3n) is 4.70. The largest absolute Gasteiger partial charge is 0.494 e. The molecule has 0 fully saturated rings. The summed E-state index contributed by atoms with van der Waals surface area (Å²) >= 11 is 1.26. The number of halogens is 1. The lowest BCUT2D eigenvalue weighted by Crippen LogP contribution is -2.32. The predicted octanol–water partition coefficient (Wildman–Crippen LogP) is 4.30. The summed E-state index contributed by atoms with van der Waals surface area (Å²) in [6.07, 6.45) is 0. The zero-order chi connectivity index (χ0) is 22.7. The van der Waals surface area contributed by atoms with Crippen LogP contribution in [0.25, 0.3) is 15.9 Å². The minimum absolute atomic E-state index is 0.163. The van der Waals surface area contributed by atoms with Crippen LogP contribution in [-0.4, -0.2) is 34.7 Å². The first-order valence-corrected chi connectivity index (χ1v) is 10.8. The number of aromatic nitrogens is 2. The van der Waals surface area contributed by atoms with Gasteiger partial charge in [-0.05, 0) is 68.4 Å². The molecule has 0 atom stereocenters. The maximum absolute atomic E-state index is 13.2. The highest BCUT2D eigenvalue weighted by molar-refractivity contribution is 7.20. The molecule has 164 valence electrons. The summed E-state index contributed by atoms with van der Waals surface area (Å²) in [5.74, 6) is -0.294. The van der Waals surface area contributed by atoms with E-state index in [-0.39, 0.29) is 24.2 Å². The third kappa shape index (κ3) is 4.62. The van der Waals surface area contributed by atoms with Gasteiger partial charge in [0.2, 0.25) is 5.91 Å². The van der Waals surface area contributed by atoms with Crippen LogP contribution in [0.1, 0.15) is 22.3 Å². The Bertz CT molecular complexity index is 1260. The van der Waals surface area contributed by atoms with Crippen molar-refractivity contribution in [3.8, 4) is 11.4 Å². The van der Waals surface area contributed by atoms with E-state index < -0.39 is 0 Å². The molecule has 0 saturated heterocycles. The molecule has 2 aromatic carbocycles. The summed E-state index contributed by atoms with van der Waals surface area (Å²) in [4.78, 5) is 26.1. The molecule has 4 aromatic rings. The maximum atomic E-state index is 13.2. The third-order valence-corrected chi connectivity index (χ3v) is 5.81.